The molecule has 6 aromatic heterocycles. The highest BCUT2D eigenvalue weighted by Gasteiger charge is 2.25. The van der Waals surface area contributed by atoms with E-state index in [0.29, 0.717) is 10.0 Å². The normalized spacial score (nSPS) is 12.6. The zero-order chi connectivity index (χ0) is 23.7. The highest BCUT2D eigenvalue weighted by atomic mass is 32.1. The minimum atomic E-state index is -0.164. The number of aryl methyl sites for hydroxylation is 2. The summed E-state index contributed by atoms with van der Waals surface area (Å²) in [6.07, 6.45) is 0. The van der Waals surface area contributed by atoms with Crippen LogP contribution in [0.5, 0.6) is 0 Å². The van der Waals surface area contributed by atoms with Crippen molar-refractivity contribution in [1.29, 1.82) is 10.5 Å². The van der Waals surface area contributed by atoms with Crippen LogP contribution in [0.25, 0.3) is 60.0 Å². The molecule has 0 bridgehead atoms. The summed E-state index contributed by atoms with van der Waals surface area (Å²) < 4.78 is 11.3. The van der Waals surface area contributed by atoms with E-state index in [1.165, 1.54) is 52.5 Å². The predicted molar refractivity (Wildman–Crippen MR) is 142 cm³/mol. The van der Waals surface area contributed by atoms with Crippen LogP contribution in [0, 0.1) is 35.8 Å². The lowest BCUT2D eigenvalue weighted by Gasteiger charge is -1.94. The van der Waals surface area contributed by atoms with Crippen LogP contribution < -0.4 is 0 Å². The molecule has 0 amide bonds. The number of thiophene rings is 4. The Kier molecular flexibility index (Phi) is 4.37. The third-order valence-electron chi connectivity index (χ3n) is 5.52. The average molecular weight is 513 g/mol. The van der Waals surface area contributed by atoms with E-state index in [2.05, 4.69) is 28.8 Å². The lowest BCUT2D eigenvalue weighted by molar-refractivity contribution is 1.02. The number of fused-ring (bicyclic) bond motifs is 9. The summed E-state index contributed by atoms with van der Waals surface area (Å²) in [5.41, 5.74) is 4.41. The average Bonchev–Trinajstić information content (AvgIpc) is 3.63. The molecule has 0 N–H and O–H groups in total. The van der Waals surface area contributed by atoms with Gasteiger partial charge in [-0.3, -0.25) is 0 Å². The summed E-state index contributed by atoms with van der Waals surface area (Å²) in [4.78, 5) is 14.7. The van der Waals surface area contributed by atoms with E-state index >= 15 is 0 Å². The van der Waals surface area contributed by atoms with Crippen LogP contribution in [-0.4, -0.2) is 20.8 Å². The van der Waals surface area contributed by atoms with E-state index < -0.39 is 0 Å². The summed E-state index contributed by atoms with van der Waals surface area (Å²) in [5.74, 6) is -0.329. The summed E-state index contributed by atoms with van der Waals surface area (Å²) in [5, 5.41) is 19.4. The number of aromatic nitrogens is 2. The molecule has 8 nitrogen and oxygen atoms in total. The molecule has 34 heavy (non-hydrogen) atoms. The first kappa shape index (κ1) is 20.6. The van der Waals surface area contributed by atoms with Crippen LogP contribution in [-0.2, 0) is 14.1 Å². The zero-order valence-corrected chi connectivity index (χ0v) is 20.6. The largest absolute Gasteiger partial charge is 0.351 e. The molecule has 0 radical (unpaired) electrons. The van der Waals surface area contributed by atoms with Gasteiger partial charge in [0.25, 0.3) is 0 Å². The predicted octanol–water partition coefficient (Wildman–Crippen LogP) is 7.32. The first-order valence-corrected chi connectivity index (χ1v) is 12.8. The van der Waals surface area contributed by atoms with Gasteiger partial charge in [0.05, 0.1) is 50.3 Å². The molecule has 0 atom stereocenters. The Bertz CT molecular complexity index is 1900. The molecule has 0 spiro atoms. The topological polar surface area (TPSA) is 90.9 Å². The second-order valence-corrected chi connectivity index (χ2v) is 11.4. The number of nitrogens with zero attached hydrogens (tertiary/aromatic N) is 8. The fourth-order valence-electron chi connectivity index (χ4n) is 4.10. The Morgan fingerprint density at radius 2 is 1.12 bits per heavy atom. The SMILES string of the molecule is [C-]#[N+]C(C#N)=Nc1cc2c(s1)c1sc3c(sc4c5sc(N=C(C#N)[N+]#[C-])cc5n(C)c43)c1n2C. The van der Waals surface area contributed by atoms with E-state index in [0.717, 1.165) is 20.4 Å². The molecule has 0 fully saturated rings. The molecule has 0 aliphatic rings. The van der Waals surface area contributed by atoms with Gasteiger partial charge >= 0.3 is 11.7 Å². The molecule has 12 heteroatoms. The van der Waals surface area contributed by atoms with Crippen molar-refractivity contribution in [3.63, 3.8) is 0 Å². The molecule has 6 aromatic rings. The van der Waals surface area contributed by atoms with Crippen LogP contribution in [0.2, 0.25) is 0 Å². The minimum absolute atomic E-state index is 0.164. The smallest absolute Gasteiger partial charge is 0.350 e. The molecule has 6 heterocycles. The van der Waals surface area contributed by atoms with Crippen molar-refractivity contribution < 1.29 is 0 Å². The lowest BCUT2D eigenvalue weighted by atomic mass is 10.4. The molecule has 0 unspecified atom stereocenters. The molecule has 0 saturated carbocycles. The minimum Gasteiger partial charge on any atom is -0.351 e. The maximum atomic E-state index is 9.03. The number of hydrogen-bond acceptors (Lipinski definition) is 8. The van der Waals surface area contributed by atoms with Crippen molar-refractivity contribution in [3.05, 3.63) is 35.0 Å². The number of amidine groups is 2. The van der Waals surface area contributed by atoms with E-state index in [1.54, 1.807) is 22.7 Å². The standard InChI is InChI=1S/C22H8N8S4/c1-25-11(7-23)27-13-5-9-17(31-13)19-15(29(9)3)21-22(33-19)16-20(34-21)18-10(30(16)4)6-14(32-18)28-12(8-24)26-2/h5-6H,3-4H3. The summed E-state index contributed by atoms with van der Waals surface area (Å²) in [6.45, 7) is 14.1. The van der Waals surface area contributed by atoms with Gasteiger partial charge in [0.1, 0.15) is 12.1 Å². The Morgan fingerprint density at radius 3 is 1.47 bits per heavy atom. The van der Waals surface area contributed by atoms with Crippen molar-refractivity contribution in [3.8, 4) is 12.1 Å². The van der Waals surface area contributed by atoms with Gasteiger partial charge in [0, 0.05) is 26.2 Å². The molecule has 0 aliphatic heterocycles. The number of rotatable bonds is 2. The van der Waals surface area contributed by atoms with Gasteiger partial charge in [-0.1, -0.05) is 45.8 Å². The molecule has 0 aromatic carbocycles. The van der Waals surface area contributed by atoms with Crippen LogP contribution >= 0.6 is 45.3 Å². The zero-order valence-electron chi connectivity index (χ0n) is 17.4. The van der Waals surface area contributed by atoms with Gasteiger partial charge in [-0.15, -0.1) is 22.7 Å². The fraction of sp³-hybridized carbons (Fsp3) is 0.0909. The van der Waals surface area contributed by atoms with E-state index in [9.17, 15) is 0 Å². The Labute approximate surface area is 207 Å². The summed E-state index contributed by atoms with van der Waals surface area (Å²) in [6, 6.07) is 7.51. The monoisotopic (exact) mass is 512 g/mol. The number of aliphatic imine (C=N–C) groups is 2. The van der Waals surface area contributed by atoms with E-state index in [4.69, 9.17) is 23.7 Å². The van der Waals surface area contributed by atoms with Crippen molar-refractivity contribution in [2.75, 3.05) is 0 Å². The van der Waals surface area contributed by atoms with Gasteiger partial charge in [-0.25, -0.2) is 10.5 Å². The van der Waals surface area contributed by atoms with Gasteiger partial charge < -0.3 is 18.8 Å². The van der Waals surface area contributed by atoms with Gasteiger partial charge in [0.2, 0.25) is 10.0 Å². The molecule has 160 valence electrons. The van der Waals surface area contributed by atoms with Gasteiger partial charge in [-0.05, 0) is 0 Å². The van der Waals surface area contributed by atoms with E-state index in [1.807, 2.05) is 38.4 Å². The third kappa shape index (κ3) is 2.63. The maximum Gasteiger partial charge on any atom is 0.350 e. The molecule has 6 rings (SSSR count). The van der Waals surface area contributed by atoms with Gasteiger partial charge in [-0.2, -0.15) is 0 Å². The quantitative estimate of drug-likeness (QED) is 0.138. The van der Waals surface area contributed by atoms with Crippen molar-refractivity contribution in [2.45, 2.75) is 0 Å². The van der Waals surface area contributed by atoms with E-state index in [-0.39, 0.29) is 11.7 Å². The second-order valence-electron chi connectivity index (χ2n) is 7.25. The van der Waals surface area contributed by atoms with Crippen molar-refractivity contribution >= 4 is 117 Å². The highest BCUT2D eigenvalue weighted by Crippen LogP contribution is 2.53. The first-order chi connectivity index (χ1) is 16.5. The Morgan fingerprint density at radius 1 is 0.735 bits per heavy atom. The third-order valence-corrected chi connectivity index (χ3v) is 10.4. The van der Waals surface area contributed by atoms with Crippen LogP contribution in [0.15, 0.2) is 22.1 Å². The van der Waals surface area contributed by atoms with Crippen molar-refractivity contribution in [2.24, 2.45) is 24.1 Å². The highest BCUT2D eigenvalue weighted by molar-refractivity contribution is 7.40. The molecule has 0 saturated heterocycles. The number of nitriles is 2. The van der Waals surface area contributed by atoms with Crippen LogP contribution in [0.4, 0.5) is 10.0 Å². The fourth-order valence-corrected chi connectivity index (χ4v) is 9.51. The summed E-state index contributed by atoms with van der Waals surface area (Å²) in [7, 11) is 4.06. The maximum absolute atomic E-state index is 9.03. The number of hydrogen-bond donors (Lipinski definition) is 0. The first-order valence-electron chi connectivity index (χ1n) is 9.56. The molecular formula is C22H8N8S4. The Balaban J connectivity index is 1.61. The van der Waals surface area contributed by atoms with Crippen molar-refractivity contribution in [1.82, 2.24) is 9.13 Å². The molecular weight excluding hydrogens is 505 g/mol. The molecule has 0 aliphatic carbocycles. The summed E-state index contributed by atoms with van der Waals surface area (Å²) >= 11 is 6.48. The lowest BCUT2D eigenvalue weighted by Crippen LogP contribution is -1.85. The van der Waals surface area contributed by atoms with Gasteiger partial charge in [0.15, 0.2) is 0 Å². The van der Waals surface area contributed by atoms with Crippen LogP contribution in [0.3, 0.4) is 0 Å². The van der Waals surface area contributed by atoms with Crippen LogP contribution in [0.1, 0.15) is 0 Å². The second kappa shape index (κ2) is 7.23. The Hall–Kier alpha value is -4.04.